The molecule has 5 nitrogen and oxygen atoms in total. The fraction of sp³-hybridized carbons (Fsp3) is 0.316. The van der Waals surface area contributed by atoms with Gasteiger partial charge in [-0.15, -0.1) is 0 Å². The minimum atomic E-state index is -0.301. The first-order valence-electron chi connectivity index (χ1n) is 8.29. The second-order valence-electron chi connectivity index (χ2n) is 6.04. The van der Waals surface area contributed by atoms with Crippen molar-refractivity contribution in [2.45, 2.75) is 38.1 Å². The number of aromatic amines is 1. The smallest absolute Gasteiger partial charge is 0.262 e. The SMILES string of the molecule is N#C/C(=C\c1cn[nH]c1-c1ccccc1)C(=O)NC1CCCCC1. The Labute approximate surface area is 141 Å². The van der Waals surface area contributed by atoms with Crippen LogP contribution in [0.2, 0.25) is 0 Å². The highest BCUT2D eigenvalue weighted by Crippen LogP contribution is 2.23. The second kappa shape index (κ2) is 7.60. The number of amides is 1. The largest absolute Gasteiger partial charge is 0.349 e. The molecule has 122 valence electrons. The molecule has 0 radical (unpaired) electrons. The maximum atomic E-state index is 12.4. The lowest BCUT2D eigenvalue weighted by atomic mass is 9.95. The molecule has 1 aliphatic rings. The molecule has 1 fully saturated rings. The minimum absolute atomic E-state index is 0.110. The number of carbonyl (C=O) groups is 1. The predicted molar refractivity (Wildman–Crippen MR) is 92.6 cm³/mol. The molecule has 1 aromatic heterocycles. The van der Waals surface area contributed by atoms with Gasteiger partial charge in [0.2, 0.25) is 0 Å². The molecule has 1 aliphatic carbocycles. The van der Waals surface area contributed by atoms with E-state index in [1.165, 1.54) is 6.42 Å². The molecule has 0 aliphatic heterocycles. The van der Waals surface area contributed by atoms with Crippen molar-refractivity contribution in [3.8, 4) is 17.3 Å². The van der Waals surface area contributed by atoms with Crippen LogP contribution in [0.3, 0.4) is 0 Å². The molecule has 0 unspecified atom stereocenters. The summed E-state index contributed by atoms with van der Waals surface area (Å²) in [6.45, 7) is 0. The van der Waals surface area contributed by atoms with Crippen LogP contribution in [-0.2, 0) is 4.79 Å². The van der Waals surface area contributed by atoms with E-state index in [2.05, 4.69) is 15.5 Å². The first kappa shape index (κ1) is 16.0. The Balaban J connectivity index is 1.80. The molecule has 0 bridgehead atoms. The topological polar surface area (TPSA) is 81.6 Å². The van der Waals surface area contributed by atoms with E-state index in [0.29, 0.717) is 0 Å². The highest BCUT2D eigenvalue weighted by atomic mass is 16.1. The maximum absolute atomic E-state index is 12.4. The molecule has 5 heteroatoms. The van der Waals surface area contributed by atoms with E-state index in [9.17, 15) is 10.1 Å². The molecule has 0 atom stereocenters. The Morgan fingerprint density at radius 2 is 2.00 bits per heavy atom. The normalized spacial score (nSPS) is 15.7. The lowest BCUT2D eigenvalue weighted by Crippen LogP contribution is -2.36. The fourth-order valence-electron chi connectivity index (χ4n) is 3.06. The third kappa shape index (κ3) is 3.72. The van der Waals surface area contributed by atoms with Crippen LogP contribution in [0.5, 0.6) is 0 Å². The summed E-state index contributed by atoms with van der Waals surface area (Å²) in [7, 11) is 0. The van der Waals surface area contributed by atoms with Crippen LogP contribution in [0.4, 0.5) is 0 Å². The van der Waals surface area contributed by atoms with Crippen LogP contribution in [0.25, 0.3) is 17.3 Å². The van der Waals surface area contributed by atoms with Gasteiger partial charge in [0.1, 0.15) is 11.6 Å². The molecule has 0 spiro atoms. The van der Waals surface area contributed by atoms with Gasteiger partial charge in [-0.3, -0.25) is 9.89 Å². The number of carbonyl (C=O) groups excluding carboxylic acids is 1. The van der Waals surface area contributed by atoms with Gasteiger partial charge in [-0.1, -0.05) is 49.6 Å². The molecular formula is C19H20N4O. The number of nitriles is 1. The first-order chi connectivity index (χ1) is 11.8. The summed E-state index contributed by atoms with van der Waals surface area (Å²) in [5.74, 6) is -0.301. The number of rotatable bonds is 4. The Bertz CT molecular complexity index is 764. The van der Waals surface area contributed by atoms with Crippen molar-refractivity contribution in [1.82, 2.24) is 15.5 Å². The van der Waals surface area contributed by atoms with Gasteiger partial charge < -0.3 is 5.32 Å². The highest BCUT2D eigenvalue weighted by Gasteiger charge is 2.18. The number of hydrogen-bond acceptors (Lipinski definition) is 3. The maximum Gasteiger partial charge on any atom is 0.262 e. The third-order valence-electron chi connectivity index (χ3n) is 4.34. The van der Waals surface area contributed by atoms with Crippen molar-refractivity contribution < 1.29 is 4.79 Å². The number of H-pyrrole nitrogens is 1. The molecule has 1 heterocycles. The third-order valence-corrected chi connectivity index (χ3v) is 4.34. The zero-order valence-electron chi connectivity index (χ0n) is 13.5. The summed E-state index contributed by atoms with van der Waals surface area (Å²) in [4.78, 5) is 12.4. The number of benzene rings is 1. The molecule has 0 saturated heterocycles. The Kier molecular flexibility index (Phi) is 5.07. The van der Waals surface area contributed by atoms with Gasteiger partial charge in [-0.05, 0) is 18.9 Å². The van der Waals surface area contributed by atoms with Crippen molar-refractivity contribution in [1.29, 1.82) is 5.26 Å². The predicted octanol–water partition coefficient (Wildman–Crippen LogP) is 3.43. The standard InChI is InChI=1S/C19H20N4O/c20-12-15(19(24)22-17-9-5-2-6-10-17)11-16-13-21-23-18(16)14-7-3-1-4-8-14/h1,3-4,7-8,11,13,17H,2,5-6,9-10H2,(H,21,23)(H,22,24)/b15-11+. The first-order valence-corrected chi connectivity index (χ1v) is 8.29. The Morgan fingerprint density at radius 3 is 2.71 bits per heavy atom. The zero-order chi connectivity index (χ0) is 16.8. The summed E-state index contributed by atoms with van der Waals surface area (Å²) in [6, 6.07) is 11.9. The highest BCUT2D eigenvalue weighted by molar-refractivity contribution is 6.02. The average Bonchev–Trinajstić information content (AvgIpc) is 3.09. The van der Waals surface area contributed by atoms with Gasteiger partial charge in [-0.25, -0.2) is 0 Å². The van der Waals surface area contributed by atoms with Crippen LogP contribution in [0.15, 0.2) is 42.1 Å². The van der Waals surface area contributed by atoms with Crippen molar-refractivity contribution in [2.75, 3.05) is 0 Å². The van der Waals surface area contributed by atoms with Crippen LogP contribution in [0, 0.1) is 11.3 Å². The fourth-order valence-corrected chi connectivity index (χ4v) is 3.06. The van der Waals surface area contributed by atoms with Crippen LogP contribution >= 0.6 is 0 Å². The van der Waals surface area contributed by atoms with Gasteiger partial charge in [0.05, 0.1) is 11.9 Å². The molecule has 3 rings (SSSR count). The minimum Gasteiger partial charge on any atom is -0.349 e. The summed E-state index contributed by atoms with van der Waals surface area (Å²) in [5, 5.41) is 19.3. The van der Waals surface area contributed by atoms with E-state index in [4.69, 9.17) is 0 Å². The average molecular weight is 320 g/mol. The van der Waals surface area contributed by atoms with Crippen molar-refractivity contribution in [3.05, 3.63) is 47.7 Å². The zero-order valence-corrected chi connectivity index (χ0v) is 13.5. The van der Waals surface area contributed by atoms with Gasteiger partial charge in [0.25, 0.3) is 5.91 Å². The summed E-state index contributed by atoms with van der Waals surface area (Å²) in [6.07, 6.45) is 8.71. The van der Waals surface area contributed by atoms with Crippen molar-refractivity contribution in [3.63, 3.8) is 0 Å². The van der Waals surface area contributed by atoms with E-state index in [1.54, 1.807) is 12.3 Å². The van der Waals surface area contributed by atoms with E-state index < -0.39 is 0 Å². The van der Waals surface area contributed by atoms with Crippen LogP contribution in [-0.4, -0.2) is 22.1 Å². The lowest BCUT2D eigenvalue weighted by molar-refractivity contribution is -0.117. The second-order valence-corrected chi connectivity index (χ2v) is 6.04. The molecule has 1 saturated carbocycles. The number of aromatic nitrogens is 2. The summed E-state index contributed by atoms with van der Waals surface area (Å²) < 4.78 is 0. The van der Waals surface area contributed by atoms with Crippen LogP contribution < -0.4 is 5.32 Å². The van der Waals surface area contributed by atoms with Crippen molar-refractivity contribution >= 4 is 12.0 Å². The van der Waals surface area contributed by atoms with E-state index in [-0.39, 0.29) is 17.5 Å². The van der Waals surface area contributed by atoms with Gasteiger partial charge in [-0.2, -0.15) is 10.4 Å². The quantitative estimate of drug-likeness (QED) is 0.669. The molecule has 1 amide bonds. The Hall–Kier alpha value is -2.87. The summed E-state index contributed by atoms with van der Waals surface area (Å²) >= 11 is 0. The van der Waals surface area contributed by atoms with Crippen molar-refractivity contribution in [2.24, 2.45) is 0 Å². The molecule has 24 heavy (non-hydrogen) atoms. The number of nitrogens with one attached hydrogen (secondary N) is 2. The number of hydrogen-bond donors (Lipinski definition) is 2. The van der Waals surface area contributed by atoms with E-state index in [0.717, 1.165) is 42.5 Å². The van der Waals surface area contributed by atoms with Gasteiger partial charge in [0.15, 0.2) is 0 Å². The monoisotopic (exact) mass is 320 g/mol. The number of nitrogens with zero attached hydrogens (tertiary/aromatic N) is 2. The molecule has 2 aromatic rings. The lowest BCUT2D eigenvalue weighted by Gasteiger charge is -2.22. The van der Waals surface area contributed by atoms with E-state index in [1.807, 2.05) is 36.4 Å². The molecule has 2 N–H and O–H groups in total. The van der Waals surface area contributed by atoms with Crippen LogP contribution in [0.1, 0.15) is 37.7 Å². The summed E-state index contributed by atoms with van der Waals surface area (Å²) in [5.41, 5.74) is 2.61. The Morgan fingerprint density at radius 1 is 1.25 bits per heavy atom. The molecule has 1 aromatic carbocycles. The molecular weight excluding hydrogens is 300 g/mol. The van der Waals surface area contributed by atoms with Gasteiger partial charge in [0, 0.05) is 17.2 Å². The van der Waals surface area contributed by atoms with E-state index >= 15 is 0 Å². The van der Waals surface area contributed by atoms with Gasteiger partial charge >= 0.3 is 0 Å².